The number of aromatic nitrogens is 4. The van der Waals surface area contributed by atoms with Crippen molar-refractivity contribution in [1.29, 1.82) is 0 Å². The van der Waals surface area contributed by atoms with E-state index in [0.717, 1.165) is 11.3 Å². The van der Waals surface area contributed by atoms with Gasteiger partial charge in [-0.1, -0.05) is 18.3 Å². The Morgan fingerprint density at radius 3 is 2.65 bits per heavy atom. The first-order chi connectivity index (χ1) is 9.23. The zero-order valence-corrected chi connectivity index (χ0v) is 11.8. The van der Waals surface area contributed by atoms with E-state index in [2.05, 4.69) is 20.0 Å². The van der Waals surface area contributed by atoms with Crippen molar-refractivity contribution in [3.63, 3.8) is 0 Å². The van der Waals surface area contributed by atoms with Gasteiger partial charge in [-0.25, -0.2) is 13.1 Å². The van der Waals surface area contributed by atoms with Crippen molar-refractivity contribution in [1.82, 2.24) is 24.5 Å². The molecule has 2 aromatic heterocycles. The summed E-state index contributed by atoms with van der Waals surface area (Å²) in [7, 11) is -3.44. The monoisotopic (exact) mass is 329 g/mol. The highest BCUT2D eigenvalue weighted by molar-refractivity contribution is 7.89. The summed E-state index contributed by atoms with van der Waals surface area (Å²) < 4.78 is 63.4. The van der Waals surface area contributed by atoms with E-state index >= 15 is 0 Å². The molecule has 2 heterocycles. The fraction of sp³-hybridized carbons (Fsp3) is 0.625. The van der Waals surface area contributed by atoms with Gasteiger partial charge in [-0.3, -0.25) is 0 Å². The molecular weight excluding hydrogens is 319 g/mol. The fourth-order valence-corrected chi connectivity index (χ4v) is 3.32. The molecule has 0 bridgehead atoms. The first-order valence-electron chi connectivity index (χ1n) is 5.48. The normalized spacial score (nSPS) is 13.2. The lowest BCUT2D eigenvalue weighted by Crippen LogP contribution is -2.25. The second-order valence-electron chi connectivity index (χ2n) is 3.85. The van der Waals surface area contributed by atoms with Crippen LogP contribution in [0.3, 0.4) is 0 Å². The van der Waals surface area contributed by atoms with Crippen LogP contribution in [0.5, 0.6) is 0 Å². The molecule has 0 aromatic carbocycles. The molecule has 0 aliphatic carbocycles. The number of fused-ring (bicyclic) bond motifs is 1. The largest absolute Gasteiger partial charge is 0.453 e. The summed E-state index contributed by atoms with van der Waals surface area (Å²) in [5.74, 6) is -1.28. The Bertz CT molecular complexity index is 705. The summed E-state index contributed by atoms with van der Waals surface area (Å²) in [5, 5.41) is 10.2. The van der Waals surface area contributed by atoms with E-state index in [1.807, 2.05) is 0 Å². The van der Waals surface area contributed by atoms with Crippen LogP contribution in [0.1, 0.15) is 24.2 Å². The van der Waals surface area contributed by atoms with E-state index in [0.29, 0.717) is 10.9 Å². The van der Waals surface area contributed by atoms with Gasteiger partial charge in [0, 0.05) is 0 Å². The summed E-state index contributed by atoms with van der Waals surface area (Å²) >= 11 is 0.844. The van der Waals surface area contributed by atoms with Crippen molar-refractivity contribution < 1.29 is 21.6 Å². The third kappa shape index (κ3) is 3.24. The van der Waals surface area contributed by atoms with Crippen molar-refractivity contribution >= 4 is 26.3 Å². The lowest BCUT2D eigenvalue weighted by Gasteiger charge is -2.02. The van der Waals surface area contributed by atoms with Crippen LogP contribution in [0.2, 0.25) is 0 Å². The highest BCUT2D eigenvalue weighted by Gasteiger charge is 2.38. The first-order valence-corrected chi connectivity index (χ1v) is 7.95. The summed E-state index contributed by atoms with van der Waals surface area (Å²) in [5.41, 5.74) is 0. The zero-order chi connectivity index (χ0) is 15.0. The van der Waals surface area contributed by atoms with Crippen LogP contribution in [-0.4, -0.2) is 34.0 Å². The van der Waals surface area contributed by atoms with Crippen LogP contribution in [0.25, 0.3) is 4.96 Å². The summed E-state index contributed by atoms with van der Waals surface area (Å²) in [6, 6.07) is 0. The minimum Gasteiger partial charge on any atom is -0.212 e. The van der Waals surface area contributed by atoms with Gasteiger partial charge < -0.3 is 0 Å². The van der Waals surface area contributed by atoms with Crippen LogP contribution in [0, 0.1) is 0 Å². The molecule has 1 N–H and O–H groups in total. The standard InChI is InChI=1S/C8H10F3N5O2S2/c1-2-3-20(17,18)12-4-5-15-16-6(8(9,10)11)13-14-7(16)19-5/h12H,2-4H2,1H3. The Hall–Kier alpha value is -1.27. The van der Waals surface area contributed by atoms with Crippen molar-refractivity contribution in [3.05, 3.63) is 10.8 Å². The number of hydrogen-bond acceptors (Lipinski definition) is 6. The van der Waals surface area contributed by atoms with Crippen molar-refractivity contribution in [3.8, 4) is 0 Å². The maximum atomic E-state index is 12.6. The maximum absolute atomic E-state index is 12.6. The van der Waals surface area contributed by atoms with E-state index in [1.165, 1.54) is 0 Å². The Morgan fingerprint density at radius 2 is 2.05 bits per heavy atom. The van der Waals surface area contributed by atoms with Crippen LogP contribution in [-0.2, 0) is 22.7 Å². The number of nitrogens with zero attached hydrogens (tertiary/aromatic N) is 4. The third-order valence-corrected chi connectivity index (χ3v) is 4.63. The molecule has 0 atom stereocenters. The topological polar surface area (TPSA) is 89.2 Å². The quantitative estimate of drug-likeness (QED) is 0.885. The van der Waals surface area contributed by atoms with Crippen molar-refractivity contribution in [2.45, 2.75) is 26.1 Å². The molecule has 0 spiro atoms. The van der Waals surface area contributed by atoms with Gasteiger partial charge in [0.25, 0.3) is 5.82 Å². The smallest absolute Gasteiger partial charge is 0.212 e. The second kappa shape index (κ2) is 5.26. The number of hydrogen-bond donors (Lipinski definition) is 1. The van der Waals surface area contributed by atoms with Crippen LogP contribution >= 0.6 is 11.3 Å². The van der Waals surface area contributed by atoms with Crippen LogP contribution < -0.4 is 4.72 Å². The van der Waals surface area contributed by atoms with E-state index in [-0.39, 0.29) is 22.3 Å². The molecule has 0 saturated carbocycles. The Labute approximate surface area is 115 Å². The average molecular weight is 329 g/mol. The fourth-order valence-electron chi connectivity index (χ4n) is 1.42. The molecule has 0 radical (unpaired) electrons. The minimum absolute atomic E-state index is 0.0398. The average Bonchev–Trinajstić information content (AvgIpc) is 2.83. The van der Waals surface area contributed by atoms with E-state index in [9.17, 15) is 21.6 Å². The molecule has 2 aromatic rings. The highest BCUT2D eigenvalue weighted by Crippen LogP contribution is 2.28. The van der Waals surface area contributed by atoms with Gasteiger partial charge in [0.1, 0.15) is 5.01 Å². The van der Waals surface area contributed by atoms with Gasteiger partial charge in [-0.2, -0.15) is 22.8 Å². The first kappa shape index (κ1) is 15.1. The minimum atomic E-state index is -4.66. The zero-order valence-electron chi connectivity index (χ0n) is 10.2. The summed E-state index contributed by atoms with van der Waals surface area (Å²) in [4.78, 5) is -0.0398. The summed E-state index contributed by atoms with van der Waals surface area (Å²) in [6.07, 6.45) is -4.22. The van der Waals surface area contributed by atoms with Gasteiger partial charge in [0.2, 0.25) is 15.0 Å². The number of halogens is 3. The molecule has 20 heavy (non-hydrogen) atoms. The summed E-state index contributed by atoms with van der Waals surface area (Å²) in [6.45, 7) is 1.53. The molecule has 0 amide bonds. The SMILES string of the molecule is CCCS(=O)(=O)NCc1nn2c(C(F)(F)F)nnc2s1. The number of sulfonamides is 1. The van der Waals surface area contributed by atoms with Gasteiger partial charge >= 0.3 is 6.18 Å². The Balaban J connectivity index is 2.19. The van der Waals surface area contributed by atoms with Crippen LogP contribution in [0.4, 0.5) is 13.2 Å². The van der Waals surface area contributed by atoms with E-state index in [4.69, 9.17) is 0 Å². The Morgan fingerprint density at radius 1 is 1.35 bits per heavy atom. The molecule has 2 rings (SSSR count). The number of alkyl halides is 3. The van der Waals surface area contributed by atoms with E-state index in [1.54, 1.807) is 6.92 Å². The molecule has 0 unspecified atom stereocenters. The predicted octanol–water partition coefficient (Wildman–Crippen LogP) is 1.03. The van der Waals surface area contributed by atoms with Gasteiger partial charge in [0.05, 0.1) is 12.3 Å². The van der Waals surface area contributed by atoms with Crippen molar-refractivity contribution in [2.24, 2.45) is 0 Å². The molecule has 112 valence electrons. The molecule has 12 heteroatoms. The molecular formula is C8H10F3N5O2S2. The molecule has 7 nitrogen and oxygen atoms in total. The number of nitrogens with one attached hydrogen (secondary N) is 1. The lowest BCUT2D eigenvalue weighted by atomic mass is 10.6. The number of rotatable bonds is 5. The van der Waals surface area contributed by atoms with Gasteiger partial charge in [-0.15, -0.1) is 10.2 Å². The lowest BCUT2D eigenvalue weighted by molar-refractivity contribution is -0.146. The maximum Gasteiger partial charge on any atom is 0.453 e. The molecule has 0 saturated heterocycles. The second-order valence-corrected chi connectivity index (χ2v) is 6.82. The molecule has 0 aliphatic heterocycles. The Kier molecular flexibility index (Phi) is 3.97. The van der Waals surface area contributed by atoms with Gasteiger partial charge in [-0.05, 0) is 6.42 Å². The van der Waals surface area contributed by atoms with Gasteiger partial charge in [0.15, 0.2) is 0 Å². The van der Waals surface area contributed by atoms with Crippen LogP contribution in [0.15, 0.2) is 0 Å². The molecule has 0 fully saturated rings. The third-order valence-electron chi connectivity index (χ3n) is 2.20. The van der Waals surface area contributed by atoms with E-state index < -0.39 is 22.0 Å². The predicted molar refractivity (Wildman–Crippen MR) is 64.6 cm³/mol. The molecule has 0 aliphatic rings. The highest BCUT2D eigenvalue weighted by atomic mass is 32.2. The van der Waals surface area contributed by atoms with Crippen molar-refractivity contribution in [2.75, 3.05) is 5.75 Å².